The van der Waals surface area contributed by atoms with Crippen LogP contribution in [0.5, 0.6) is 5.75 Å². The maximum atomic E-state index is 11.9. The Labute approximate surface area is 144 Å². The molecule has 0 radical (unpaired) electrons. The fourth-order valence-electron chi connectivity index (χ4n) is 1.83. The van der Waals surface area contributed by atoms with Crippen LogP contribution in [0.3, 0.4) is 0 Å². The monoisotopic (exact) mass is 345 g/mol. The van der Waals surface area contributed by atoms with Crippen molar-refractivity contribution in [1.29, 1.82) is 0 Å². The van der Waals surface area contributed by atoms with Crippen molar-refractivity contribution in [2.24, 2.45) is 5.10 Å². The Hall–Kier alpha value is -2.86. The smallest absolute Gasteiger partial charge is 0.259 e. The van der Waals surface area contributed by atoms with E-state index < -0.39 is 5.91 Å². The van der Waals surface area contributed by atoms with Crippen LogP contribution in [0.25, 0.3) is 0 Å². The van der Waals surface area contributed by atoms with Crippen LogP contribution in [-0.2, 0) is 4.79 Å². The minimum atomic E-state index is -0.440. The molecule has 0 saturated carbocycles. The van der Waals surface area contributed by atoms with Crippen LogP contribution in [0.1, 0.15) is 15.9 Å². The third-order valence-electron chi connectivity index (χ3n) is 2.99. The third-order valence-corrected chi connectivity index (χ3v) is 3.23. The standard InChI is InChI=1S/C17H16ClN3O3/c1-24-15-7-2-4-12(8-15)10-20-21-16(22)11-19-17(23)13-5-3-6-14(18)9-13/h2-10H,11H2,1H3,(H,19,23)(H,21,22)/b20-10+. The number of carbonyl (C=O) groups excluding carboxylic acids is 2. The average Bonchev–Trinajstić information content (AvgIpc) is 2.60. The maximum absolute atomic E-state index is 11.9. The SMILES string of the molecule is COc1cccc(/C=N/NC(=O)CNC(=O)c2cccc(Cl)c2)c1. The zero-order valence-corrected chi connectivity index (χ0v) is 13.7. The largest absolute Gasteiger partial charge is 0.497 e. The predicted molar refractivity (Wildman–Crippen MR) is 92.5 cm³/mol. The highest BCUT2D eigenvalue weighted by Gasteiger charge is 2.07. The van der Waals surface area contributed by atoms with Crippen LogP contribution in [0.2, 0.25) is 5.02 Å². The summed E-state index contributed by atoms with van der Waals surface area (Å²) in [5, 5.41) is 6.77. The second-order valence-corrected chi connectivity index (χ2v) is 5.20. The summed E-state index contributed by atoms with van der Waals surface area (Å²) in [6, 6.07) is 13.7. The Morgan fingerprint density at radius 3 is 2.75 bits per heavy atom. The second-order valence-electron chi connectivity index (χ2n) is 4.76. The number of nitrogens with one attached hydrogen (secondary N) is 2. The lowest BCUT2D eigenvalue weighted by atomic mass is 10.2. The molecule has 0 aliphatic rings. The molecule has 0 atom stereocenters. The molecule has 7 heteroatoms. The molecule has 2 N–H and O–H groups in total. The van der Waals surface area contributed by atoms with Crippen molar-refractivity contribution in [3.8, 4) is 5.75 Å². The van der Waals surface area contributed by atoms with E-state index in [0.29, 0.717) is 16.3 Å². The van der Waals surface area contributed by atoms with E-state index in [1.54, 1.807) is 37.4 Å². The summed E-state index contributed by atoms with van der Waals surface area (Å²) in [5.74, 6) is -0.131. The number of amides is 2. The Morgan fingerprint density at radius 2 is 2.00 bits per heavy atom. The number of halogens is 1. The van der Waals surface area contributed by atoms with Crippen LogP contribution in [0.4, 0.5) is 0 Å². The van der Waals surface area contributed by atoms with Crippen molar-refractivity contribution >= 4 is 29.6 Å². The molecule has 2 rings (SSSR count). The maximum Gasteiger partial charge on any atom is 0.259 e. The fraction of sp³-hybridized carbons (Fsp3) is 0.118. The van der Waals surface area contributed by atoms with Crippen molar-refractivity contribution in [2.45, 2.75) is 0 Å². The highest BCUT2D eigenvalue weighted by atomic mass is 35.5. The van der Waals surface area contributed by atoms with E-state index in [1.807, 2.05) is 12.1 Å². The van der Waals surface area contributed by atoms with E-state index in [-0.39, 0.29) is 12.5 Å². The predicted octanol–water partition coefficient (Wildman–Crippen LogP) is 2.23. The first-order valence-corrected chi connectivity index (χ1v) is 7.46. The number of ether oxygens (including phenoxy) is 1. The molecule has 2 aromatic carbocycles. The van der Waals surface area contributed by atoms with Crippen molar-refractivity contribution in [3.05, 3.63) is 64.7 Å². The van der Waals surface area contributed by atoms with E-state index in [0.717, 1.165) is 5.56 Å². The van der Waals surface area contributed by atoms with Gasteiger partial charge in [0.05, 0.1) is 19.9 Å². The number of carbonyl (C=O) groups is 2. The van der Waals surface area contributed by atoms with E-state index in [1.165, 1.54) is 12.3 Å². The van der Waals surface area contributed by atoms with Crippen molar-refractivity contribution in [1.82, 2.24) is 10.7 Å². The summed E-state index contributed by atoms with van der Waals surface area (Å²) in [6.45, 7) is -0.194. The van der Waals surface area contributed by atoms with Gasteiger partial charge in [0.25, 0.3) is 11.8 Å². The van der Waals surface area contributed by atoms with Crippen molar-refractivity contribution in [2.75, 3.05) is 13.7 Å². The normalized spacial score (nSPS) is 10.4. The number of methoxy groups -OCH3 is 1. The number of nitrogens with zero attached hydrogens (tertiary/aromatic N) is 1. The Balaban J connectivity index is 1.80. The van der Waals surface area contributed by atoms with Crippen LogP contribution >= 0.6 is 11.6 Å². The lowest BCUT2D eigenvalue weighted by Gasteiger charge is -2.04. The first kappa shape index (κ1) is 17.5. The molecule has 0 aromatic heterocycles. The first-order valence-electron chi connectivity index (χ1n) is 7.08. The zero-order valence-electron chi connectivity index (χ0n) is 13.0. The van der Waals surface area contributed by atoms with Crippen molar-refractivity contribution < 1.29 is 14.3 Å². The topological polar surface area (TPSA) is 79.8 Å². The number of rotatable bonds is 6. The Kier molecular flexibility index (Phi) is 6.33. The molecule has 24 heavy (non-hydrogen) atoms. The minimum absolute atomic E-state index is 0.194. The van der Waals surface area contributed by atoms with Gasteiger partial charge in [0.2, 0.25) is 0 Å². The molecule has 0 fully saturated rings. The molecule has 2 aromatic rings. The molecule has 0 aliphatic heterocycles. The lowest BCUT2D eigenvalue weighted by Crippen LogP contribution is -2.34. The molecule has 2 amide bonds. The van der Waals surface area contributed by atoms with Crippen LogP contribution < -0.4 is 15.5 Å². The van der Waals surface area contributed by atoms with Crippen LogP contribution in [0, 0.1) is 0 Å². The quantitative estimate of drug-likeness (QED) is 0.622. The Morgan fingerprint density at radius 1 is 1.21 bits per heavy atom. The van der Waals surface area contributed by atoms with Gasteiger partial charge in [-0.05, 0) is 35.9 Å². The van der Waals surface area contributed by atoms with Gasteiger partial charge in [-0.3, -0.25) is 9.59 Å². The molecule has 6 nitrogen and oxygen atoms in total. The summed E-state index contributed by atoms with van der Waals surface area (Å²) < 4.78 is 5.09. The Bertz CT molecular complexity index is 762. The van der Waals surface area contributed by atoms with Gasteiger partial charge in [-0.2, -0.15) is 5.10 Å². The van der Waals surface area contributed by atoms with Crippen LogP contribution in [0.15, 0.2) is 53.6 Å². The molecule has 0 heterocycles. The van der Waals surface area contributed by atoms with Gasteiger partial charge in [-0.15, -0.1) is 0 Å². The summed E-state index contributed by atoms with van der Waals surface area (Å²) in [4.78, 5) is 23.5. The van der Waals surface area contributed by atoms with Crippen LogP contribution in [-0.4, -0.2) is 31.7 Å². The molecule has 124 valence electrons. The summed E-state index contributed by atoms with van der Waals surface area (Å²) in [7, 11) is 1.57. The molecule has 0 bridgehead atoms. The van der Waals surface area contributed by atoms with Gasteiger partial charge < -0.3 is 10.1 Å². The molecule has 0 saturated heterocycles. The van der Waals surface area contributed by atoms with E-state index in [2.05, 4.69) is 15.8 Å². The number of hydrazone groups is 1. The van der Waals surface area contributed by atoms with Crippen molar-refractivity contribution in [3.63, 3.8) is 0 Å². The second kappa shape index (κ2) is 8.69. The number of benzene rings is 2. The summed E-state index contributed by atoms with van der Waals surface area (Å²) in [5.41, 5.74) is 3.50. The highest BCUT2D eigenvalue weighted by Crippen LogP contribution is 2.11. The highest BCUT2D eigenvalue weighted by molar-refractivity contribution is 6.30. The number of hydrogen-bond donors (Lipinski definition) is 2. The molecule has 0 unspecified atom stereocenters. The number of hydrogen-bond acceptors (Lipinski definition) is 4. The fourth-order valence-corrected chi connectivity index (χ4v) is 2.02. The van der Waals surface area contributed by atoms with Gasteiger partial charge in [0, 0.05) is 10.6 Å². The summed E-state index contributed by atoms with van der Waals surface area (Å²) in [6.07, 6.45) is 1.49. The van der Waals surface area contributed by atoms with Gasteiger partial charge in [0.1, 0.15) is 5.75 Å². The van der Waals surface area contributed by atoms with Gasteiger partial charge in [-0.1, -0.05) is 29.8 Å². The van der Waals surface area contributed by atoms with Gasteiger partial charge in [0.15, 0.2) is 0 Å². The third kappa shape index (κ3) is 5.40. The van der Waals surface area contributed by atoms with E-state index in [4.69, 9.17) is 16.3 Å². The first-order chi connectivity index (χ1) is 11.6. The van der Waals surface area contributed by atoms with E-state index >= 15 is 0 Å². The molecular weight excluding hydrogens is 330 g/mol. The van der Waals surface area contributed by atoms with Gasteiger partial charge in [-0.25, -0.2) is 5.43 Å². The summed E-state index contributed by atoms with van der Waals surface area (Å²) >= 11 is 5.81. The molecule has 0 aliphatic carbocycles. The minimum Gasteiger partial charge on any atom is -0.497 e. The molecular formula is C17H16ClN3O3. The van der Waals surface area contributed by atoms with E-state index in [9.17, 15) is 9.59 Å². The molecule has 0 spiro atoms. The average molecular weight is 346 g/mol. The van der Waals surface area contributed by atoms with Gasteiger partial charge >= 0.3 is 0 Å². The lowest BCUT2D eigenvalue weighted by molar-refractivity contribution is -0.120. The zero-order chi connectivity index (χ0) is 17.4.